The highest BCUT2D eigenvalue weighted by atomic mass is 35.5. The molecule has 0 fully saturated rings. The molecule has 0 aliphatic carbocycles. The Morgan fingerprint density at radius 2 is 1.66 bits per heavy atom. The van der Waals surface area contributed by atoms with Crippen LogP contribution in [-0.4, -0.2) is 48.1 Å². The quantitative estimate of drug-likeness (QED) is 0.256. The molecule has 2 aromatic carbocycles. The fourth-order valence-electron chi connectivity index (χ4n) is 4.31. The zero-order chi connectivity index (χ0) is 27.1. The number of carbonyl (C=O) groups is 2. The number of allylic oxidation sites excluding steroid dienone is 2. The number of dihydropyridines is 1. The van der Waals surface area contributed by atoms with Crippen LogP contribution >= 0.6 is 12.4 Å². The lowest BCUT2D eigenvalue weighted by Crippen LogP contribution is -2.34. The van der Waals surface area contributed by atoms with Gasteiger partial charge in [-0.15, -0.1) is 12.4 Å². The van der Waals surface area contributed by atoms with E-state index >= 15 is 0 Å². The molecule has 1 unspecified atom stereocenters. The minimum atomic E-state index is -0.887. The Bertz CT molecular complexity index is 1230. The molecule has 2 aromatic rings. The van der Waals surface area contributed by atoms with Crippen LogP contribution in [0, 0.1) is 10.1 Å². The highest BCUT2D eigenvalue weighted by molar-refractivity contribution is 6.00. The highest BCUT2D eigenvalue weighted by Crippen LogP contribution is 2.40. The molecule has 1 N–H and O–H groups in total. The fraction of sp³-hybridized carbons (Fsp3) is 0.357. The standard InChI is InChI=1S/C28H33N3O6.ClH/c1-18(2)37-28(33)25-20(4)29-19(3)24(26(25)22-12-9-13-23(16-22)31(34)35)27(32)36-15-14-30(5)17-21-10-7-6-8-11-21;/h6-13,16,18,26,29H,14-15,17H2,1-5H3;1H. The van der Waals surface area contributed by atoms with Crippen LogP contribution in [0.3, 0.4) is 0 Å². The molecule has 10 heteroatoms. The van der Waals surface area contributed by atoms with Gasteiger partial charge in [-0.2, -0.15) is 0 Å². The van der Waals surface area contributed by atoms with Crippen LogP contribution < -0.4 is 5.32 Å². The molecule has 0 spiro atoms. The van der Waals surface area contributed by atoms with Gasteiger partial charge < -0.3 is 14.8 Å². The molecule has 9 nitrogen and oxygen atoms in total. The normalized spacial score (nSPS) is 15.2. The van der Waals surface area contributed by atoms with Crippen LogP contribution in [0.2, 0.25) is 0 Å². The third kappa shape index (κ3) is 7.66. The van der Waals surface area contributed by atoms with Gasteiger partial charge in [0.05, 0.1) is 28.1 Å². The van der Waals surface area contributed by atoms with Crippen molar-refractivity contribution in [3.8, 4) is 0 Å². The summed E-state index contributed by atoms with van der Waals surface area (Å²) in [6.07, 6.45) is -0.388. The average Bonchev–Trinajstić information content (AvgIpc) is 2.83. The summed E-state index contributed by atoms with van der Waals surface area (Å²) in [6.45, 7) is 8.23. The van der Waals surface area contributed by atoms with E-state index in [4.69, 9.17) is 9.47 Å². The topological polar surface area (TPSA) is 111 Å². The SMILES string of the molecule is CC1=C(C(=O)OCCN(C)Cc2ccccc2)C(c2cccc([N+](=O)[O-])c2)C(C(=O)OC(C)C)=C(C)N1.Cl. The number of nitrogens with zero attached hydrogens (tertiary/aromatic N) is 2. The number of likely N-dealkylation sites (N-methyl/N-ethyl adjacent to an activating group) is 1. The summed E-state index contributed by atoms with van der Waals surface area (Å²) in [4.78, 5) is 39.5. The van der Waals surface area contributed by atoms with Gasteiger partial charge in [0.1, 0.15) is 6.61 Å². The van der Waals surface area contributed by atoms with Gasteiger partial charge >= 0.3 is 11.9 Å². The maximum Gasteiger partial charge on any atom is 0.337 e. The molecule has 204 valence electrons. The number of nitro groups is 1. The van der Waals surface area contributed by atoms with E-state index < -0.39 is 22.8 Å². The lowest BCUT2D eigenvalue weighted by molar-refractivity contribution is -0.384. The van der Waals surface area contributed by atoms with Crippen LogP contribution in [0.5, 0.6) is 0 Å². The second kappa shape index (κ2) is 13.7. The zero-order valence-corrected chi connectivity index (χ0v) is 23.0. The van der Waals surface area contributed by atoms with Crippen molar-refractivity contribution >= 4 is 30.0 Å². The van der Waals surface area contributed by atoms with Crippen molar-refractivity contribution in [2.75, 3.05) is 20.2 Å². The van der Waals surface area contributed by atoms with Gasteiger partial charge in [-0.1, -0.05) is 42.5 Å². The zero-order valence-electron chi connectivity index (χ0n) is 22.2. The molecule has 0 radical (unpaired) electrons. The summed E-state index contributed by atoms with van der Waals surface area (Å²) in [5, 5.41) is 14.6. The lowest BCUT2D eigenvalue weighted by atomic mass is 9.80. The van der Waals surface area contributed by atoms with Gasteiger partial charge in [0.2, 0.25) is 0 Å². The number of carbonyl (C=O) groups excluding carboxylic acids is 2. The van der Waals surface area contributed by atoms with Crippen molar-refractivity contribution in [1.82, 2.24) is 10.2 Å². The number of nitrogens with one attached hydrogen (secondary N) is 1. The molecule has 0 bridgehead atoms. The van der Waals surface area contributed by atoms with E-state index in [-0.39, 0.29) is 42.0 Å². The first-order chi connectivity index (χ1) is 17.6. The molecule has 38 heavy (non-hydrogen) atoms. The van der Waals surface area contributed by atoms with E-state index in [1.165, 1.54) is 18.2 Å². The van der Waals surface area contributed by atoms with Crippen LogP contribution in [0.15, 0.2) is 77.1 Å². The van der Waals surface area contributed by atoms with Crippen molar-refractivity contribution in [3.05, 3.63) is 98.4 Å². The first-order valence-corrected chi connectivity index (χ1v) is 12.1. The van der Waals surface area contributed by atoms with E-state index in [9.17, 15) is 19.7 Å². The summed E-state index contributed by atoms with van der Waals surface area (Å²) in [6, 6.07) is 15.9. The van der Waals surface area contributed by atoms with E-state index in [1.54, 1.807) is 33.8 Å². The van der Waals surface area contributed by atoms with Crippen LogP contribution in [0.25, 0.3) is 0 Å². The third-order valence-corrected chi connectivity index (χ3v) is 5.96. The predicted molar refractivity (Wildman–Crippen MR) is 147 cm³/mol. The highest BCUT2D eigenvalue weighted by Gasteiger charge is 2.38. The van der Waals surface area contributed by atoms with Gasteiger partial charge in [-0.25, -0.2) is 9.59 Å². The van der Waals surface area contributed by atoms with Crippen molar-refractivity contribution in [3.63, 3.8) is 0 Å². The summed E-state index contributed by atoms with van der Waals surface area (Å²) < 4.78 is 11.1. The van der Waals surface area contributed by atoms with Crippen LogP contribution in [0.4, 0.5) is 5.69 Å². The minimum Gasteiger partial charge on any atom is -0.461 e. The number of ether oxygens (including phenoxy) is 2. The molecule has 1 heterocycles. The van der Waals surface area contributed by atoms with Gasteiger partial charge in [-0.3, -0.25) is 15.0 Å². The lowest BCUT2D eigenvalue weighted by Gasteiger charge is -2.31. The first-order valence-electron chi connectivity index (χ1n) is 12.1. The van der Waals surface area contributed by atoms with Crippen molar-refractivity contribution in [1.29, 1.82) is 0 Å². The minimum absolute atomic E-state index is 0. The second-order valence-electron chi connectivity index (χ2n) is 9.30. The van der Waals surface area contributed by atoms with Crippen LogP contribution in [-0.2, 0) is 25.6 Å². The molecule has 3 rings (SSSR count). The Hall–Kier alpha value is -3.69. The number of halogens is 1. The molecule has 1 atom stereocenters. The summed E-state index contributed by atoms with van der Waals surface area (Å²) in [5.41, 5.74) is 2.89. The summed E-state index contributed by atoms with van der Waals surface area (Å²) in [7, 11) is 1.94. The van der Waals surface area contributed by atoms with E-state index in [0.29, 0.717) is 30.0 Å². The molecular formula is C28H34ClN3O6. The average molecular weight is 544 g/mol. The molecule has 0 aromatic heterocycles. The van der Waals surface area contributed by atoms with Crippen molar-refractivity contribution in [2.24, 2.45) is 0 Å². The molecule has 0 saturated carbocycles. The number of rotatable bonds is 10. The Balaban J connectivity index is 0.00000507. The van der Waals surface area contributed by atoms with Gasteiger partial charge in [0.15, 0.2) is 0 Å². The van der Waals surface area contributed by atoms with Crippen molar-refractivity contribution in [2.45, 2.75) is 46.3 Å². The maximum absolute atomic E-state index is 13.4. The second-order valence-corrected chi connectivity index (χ2v) is 9.30. The fourth-order valence-corrected chi connectivity index (χ4v) is 4.31. The molecule has 1 aliphatic rings. The van der Waals surface area contributed by atoms with E-state index in [2.05, 4.69) is 5.32 Å². The number of benzene rings is 2. The third-order valence-electron chi connectivity index (χ3n) is 5.96. The number of esters is 2. The van der Waals surface area contributed by atoms with Crippen molar-refractivity contribution < 1.29 is 24.0 Å². The Labute approximate surface area is 229 Å². The Morgan fingerprint density at radius 3 is 2.26 bits per heavy atom. The number of hydrogen-bond donors (Lipinski definition) is 1. The maximum atomic E-state index is 13.4. The summed E-state index contributed by atoms with van der Waals surface area (Å²) >= 11 is 0. The molecule has 0 amide bonds. The molecule has 1 aliphatic heterocycles. The first kappa shape index (κ1) is 30.5. The monoisotopic (exact) mass is 543 g/mol. The van der Waals surface area contributed by atoms with Gasteiger partial charge in [0.25, 0.3) is 5.69 Å². The summed E-state index contributed by atoms with van der Waals surface area (Å²) in [5.74, 6) is -2.09. The smallest absolute Gasteiger partial charge is 0.337 e. The van der Waals surface area contributed by atoms with Gasteiger partial charge in [0, 0.05) is 36.6 Å². The Morgan fingerprint density at radius 1 is 1.03 bits per heavy atom. The van der Waals surface area contributed by atoms with E-state index in [0.717, 1.165) is 5.56 Å². The Kier molecular flexibility index (Phi) is 11.0. The largest absolute Gasteiger partial charge is 0.461 e. The van der Waals surface area contributed by atoms with Gasteiger partial charge in [-0.05, 0) is 45.9 Å². The molecule has 0 saturated heterocycles. The number of nitro benzene ring substituents is 1. The number of non-ortho nitro benzene ring substituents is 1. The van der Waals surface area contributed by atoms with Crippen LogP contribution in [0.1, 0.15) is 44.7 Å². The predicted octanol–water partition coefficient (Wildman–Crippen LogP) is 4.88. The van der Waals surface area contributed by atoms with E-state index in [1.807, 2.05) is 42.3 Å². The number of hydrogen-bond acceptors (Lipinski definition) is 8. The molecular weight excluding hydrogens is 510 g/mol.